The molecule has 0 amide bonds. The minimum absolute atomic E-state index is 0.0384. The molecular weight excluding hydrogens is 302 g/mol. The van der Waals surface area contributed by atoms with Gasteiger partial charge in [-0.25, -0.2) is 8.42 Å². The SMILES string of the molecule is CCOC(=O)[C@]1(CN)C[C@H]1S(=O)(=O)c1ccc(Cl)cc1. The lowest BCUT2D eigenvalue weighted by atomic mass is 10.1. The Labute approximate surface area is 123 Å². The van der Waals surface area contributed by atoms with Gasteiger partial charge in [0, 0.05) is 11.6 Å². The van der Waals surface area contributed by atoms with Gasteiger partial charge >= 0.3 is 5.97 Å². The van der Waals surface area contributed by atoms with E-state index >= 15 is 0 Å². The van der Waals surface area contributed by atoms with Crippen molar-refractivity contribution in [2.75, 3.05) is 13.2 Å². The standard InChI is InChI=1S/C13H16ClNO4S/c1-2-19-12(16)13(8-15)7-11(13)20(17,18)10-5-3-9(14)4-6-10/h3-6,11H,2,7-8,15H2,1H3/t11-,13+/m1/s1. The van der Waals surface area contributed by atoms with Crippen molar-refractivity contribution in [2.45, 2.75) is 23.5 Å². The summed E-state index contributed by atoms with van der Waals surface area (Å²) in [5.74, 6) is -0.537. The fraction of sp³-hybridized carbons (Fsp3) is 0.462. The van der Waals surface area contributed by atoms with Crippen molar-refractivity contribution in [3.05, 3.63) is 29.3 Å². The van der Waals surface area contributed by atoms with Crippen LogP contribution in [0, 0.1) is 5.41 Å². The number of ether oxygens (including phenoxy) is 1. The van der Waals surface area contributed by atoms with Gasteiger partial charge < -0.3 is 10.5 Å². The fourth-order valence-electron chi connectivity index (χ4n) is 2.25. The Balaban J connectivity index is 2.29. The molecule has 0 radical (unpaired) electrons. The van der Waals surface area contributed by atoms with Gasteiger partial charge in [0.05, 0.1) is 22.2 Å². The highest BCUT2D eigenvalue weighted by atomic mass is 35.5. The van der Waals surface area contributed by atoms with E-state index in [4.69, 9.17) is 22.1 Å². The lowest BCUT2D eigenvalue weighted by molar-refractivity contribution is -0.149. The number of carbonyl (C=O) groups excluding carboxylic acids is 1. The molecule has 0 saturated heterocycles. The summed E-state index contributed by atoms with van der Waals surface area (Å²) < 4.78 is 29.9. The number of esters is 1. The second-order valence-electron chi connectivity index (χ2n) is 4.77. The molecule has 2 N–H and O–H groups in total. The number of halogens is 1. The quantitative estimate of drug-likeness (QED) is 0.829. The first-order valence-electron chi connectivity index (χ1n) is 6.25. The third-order valence-electron chi connectivity index (χ3n) is 3.57. The van der Waals surface area contributed by atoms with E-state index in [0.29, 0.717) is 5.02 Å². The molecule has 0 heterocycles. The Morgan fingerprint density at radius 3 is 2.55 bits per heavy atom. The predicted octanol–water partition coefficient (Wildman–Crippen LogP) is 1.39. The minimum Gasteiger partial charge on any atom is -0.465 e. The van der Waals surface area contributed by atoms with Crippen LogP contribution in [0.25, 0.3) is 0 Å². The molecule has 5 nitrogen and oxygen atoms in total. The molecule has 20 heavy (non-hydrogen) atoms. The van der Waals surface area contributed by atoms with Gasteiger partial charge in [-0.2, -0.15) is 0 Å². The molecule has 7 heteroatoms. The van der Waals surface area contributed by atoms with E-state index in [9.17, 15) is 13.2 Å². The van der Waals surface area contributed by atoms with Crippen molar-refractivity contribution in [2.24, 2.45) is 11.1 Å². The first-order chi connectivity index (χ1) is 9.38. The first kappa shape index (κ1) is 15.3. The zero-order chi connectivity index (χ0) is 15.0. The number of hydrogen-bond acceptors (Lipinski definition) is 5. The molecule has 1 aromatic rings. The molecule has 1 aromatic carbocycles. The van der Waals surface area contributed by atoms with Crippen LogP contribution in [0.2, 0.25) is 5.02 Å². The largest absolute Gasteiger partial charge is 0.465 e. The van der Waals surface area contributed by atoms with Crippen LogP contribution < -0.4 is 5.73 Å². The molecule has 1 fully saturated rings. The zero-order valence-corrected chi connectivity index (χ0v) is 12.6. The molecule has 1 aliphatic carbocycles. The Hall–Kier alpha value is -1.11. The number of benzene rings is 1. The average molecular weight is 318 g/mol. The van der Waals surface area contributed by atoms with Crippen LogP contribution in [0.3, 0.4) is 0 Å². The summed E-state index contributed by atoms with van der Waals surface area (Å²) in [5, 5.41) is -0.365. The number of carbonyl (C=O) groups is 1. The Bertz CT molecular complexity index is 614. The maximum atomic E-state index is 12.5. The van der Waals surface area contributed by atoms with Gasteiger partial charge in [0.2, 0.25) is 0 Å². The van der Waals surface area contributed by atoms with E-state index in [2.05, 4.69) is 0 Å². The predicted molar refractivity (Wildman–Crippen MR) is 75.2 cm³/mol. The molecule has 1 saturated carbocycles. The van der Waals surface area contributed by atoms with E-state index in [0.717, 1.165) is 0 Å². The summed E-state index contributed by atoms with van der Waals surface area (Å²) in [6.07, 6.45) is 0.202. The second-order valence-corrected chi connectivity index (χ2v) is 7.34. The van der Waals surface area contributed by atoms with E-state index in [1.807, 2.05) is 0 Å². The van der Waals surface area contributed by atoms with Crippen molar-refractivity contribution in [3.63, 3.8) is 0 Å². The molecular formula is C13H16ClNO4S. The van der Waals surface area contributed by atoms with Gasteiger partial charge in [0.1, 0.15) is 0 Å². The van der Waals surface area contributed by atoms with Crippen LogP contribution >= 0.6 is 11.6 Å². The minimum atomic E-state index is -3.61. The number of nitrogens with two attached hydrogens (primary N) is 1. The molecule has 1 aliphatic rings. The Kier molecular flexibility index (Phi) is 4.09. The molecule has 0 bridgehead atoms. The maximum absolute atomic E-state index is 12.5. The summed E-state index contributed by atoms with van der Waals surface area (Å²) in [4.78, 5) is 12.1. The zero-order valence-electron chi connectivity index (χ0n) is 11.0. The van der Waals surface area contributed by atoms with Crippen molar-refractivity contribution in [1.82, 2.24) is 0 Å². The highest BCUT2D eigenvalue weighted by Crippen LogP contribution is 2.52. The van der Waals surface area contributed by atoms with Crippen LogP contribution in [-0.2, 0) is 19.4 Å². The van der Waals surface area contributed by atoms with Gasteiger partial charge in [-0.1, -0.05) is 11.6 Å². The van der Waals surface area contributed by atoms with Gasteiger partial charge in [-0.05, 0) is 37.6 Å². The smallest absolute Gasteiger partial charge is 0.314 e. The molecule has 0 aliphatic heterocycles. The maximum Gasteiger partial charge on any atom is 0.314 e. The van der Waals surface area contributed by atoms with Crippen LogP contribution in [0.1, 0.15) is 13.3 Å². The van der Waals surface area contributed by atoms with Crippen molar-refractivity contribution in [1.29, 1.82) is 0 Å². The topological polar surface area (TPSA) is 86.5 Å². The van der Waals surface area contributed by atoms with Crippen molar-refractivity contribution < 1.29 is 17.9 Å². The van der Waals surface area contributed by atoms with E-state index < -0.39 is 26.5 Å². The van der Waals surface area contributed by atoms with E-state index in [1.54, 1.807) is 6.92 Å². The lowest BCUT2D eigenvalue weighted by Gasteiger charge is -2.13. The normalized spacial score (nSPS) is 25.2. The molecule has 2 rings (SSSR count). The lowest BCUT2D eigenvalue weighted by Crippen LogP contribution is -2.33. The highest BCUT2D eigenvalue weighted by Gasteiger charge is 2.66. The Morgan fingerprint density at radius 2 is 2.05 bits per heavy atom. The molecule has 0 unspecified atom stereocenters. The van der Waals surface area contributed by atoms with Crippen LogP contribution in [0.15, 0.2) is 29.2 Å². The number of rotatable bonds is 5. The highest BCUT2D eigenvalue weighted by molar-refractivity contribution is 7.92. The van der Waals surface area contributed by atoms with Crippen molar-refractivity contribution in [3.8, 4) is 0 Å². The van der Waals surface area contributed by atoms with Crippen LogP contribution in [0.5, 0.6) is 0 Å². The number of sulfone groups is 1. The van der Waals surface area contributed by atoms with E-state index in [-0.39, 0.29) is 24.5 Å². The molecule has 2 atom stereocenters. The summed E-state index contributed by atoms with van der Waals surface area (Å²) in [6, 6.07) is 5.88. The van der Waals surface area contributed by atoms with Crippen LogP contribution in [-0.4, -0.2) is 32.8 Å². The van der Waals surface area contributed by atoms with Gasteiger partial charge in [-0.3, -0.25) is 4.79 Å². The van der Waals surface area contributed by atoms with Gasteiger partial charge in [0.15, 0.2) is 9.84 Å². The first-order valence-corrected chi connectivity index (χ1v) is 8.17. The average Bonchev–Trinajstić information content (AvgIpc) is 3.16. The summed E-state index contributed by atoms with van der Waals surface area (Å²) in [7, 11) is -3.61. The summed E-state index contributed by atoms with van der Waals surface area (Å²) >= 11 is 5.74. The third-order valence-corrected chi connectivity index (χ3v) is 6.12. The number of hydrogen-bond donors (Lipinski definition) is 1. The van der Waals surface area contributed by atoms with Crippen LogP contribution in [0.4, 0.5) is 0 Å². The van der Waals surface area contributed by atoms with E-state index in [1.165, 1.54) is 24.3 Å². The molecule has 110 valence electrons. The molecule has 0 aromatic heterocycles. The van der Waals surface area contributed by atoms with Gasteiger partial charge in [-0.15, -0.1) is 0 Å². The second kappa shape index (κ2) is 5.35. The molecule has 0 spiro atoms. The summed E-state index contributed by atoms with van der Waals surface area (Å²) in [5.41, 5.74) is 4.50. The van der Waals surface area contributed by atoms with Gasteiger partial charge in [0.25, 0.3) is 0 Å². The Morgan fingerprint density at radius 1 is 1.45 bits per heavy atom. The van der Waals surface area contributed by atoms with Crippen molar-refractivity contribution >= 4 is 27.4 Å². The fourth-order valence-corrected chi connectivity index (χ4v) is 4.53. The summed E-state index contributed by atoms with van der Waals surface area (Å²) in [6.45, 7) is 1.84. The third kappa shape index (κ3) is 2.43. The monoisotopic (exact) mass is 317 g/mol.